The maximum atomic E-state index is 9.99. The van der Waals surface area contributed by atoms with Crippen molar-refractivity contribution in [2.75, 3.05) is 0 Å². The molecule has 0 amide bonds. The molecule has 0 aliphatic heterocycles. The highest BCUT2D eigenvalue weighted by molar-refractivity contribution is 5.96. The van der Waals surface area contributed by atoms with Gasteiger partial charge in [0.15, 0.2) is 17.5 Å². The molecule has 4 nitrogen and oxygen atoms in total. The summed E-state index contributed by atoms with van der Waals surface area (Å²) < 4.78 is 0. The molecule has 1 aromatic heterocycles. The average Bonchev–Trinajstić information content (AvgIpc) is 3.65. The minimum Gasteiger partial charge on any atom is -0.208 e. The SMILES string of the molecule is CCC1(c2ccc(-c3nc(-c4ccccc4)nc(-c4ccc5c(c4)C4(c6ccccc6-c6ccccc64)c4ccc(C#N)cc4-5)n3)cc2)C[C@H](C)CC[C@H](C)C1. The van der Waals surface area contributed by atoms with Crippen LogP contribution in [0.1, 0.15) is 86.3 Å². The molecule has 1 heterocycles. The summed E-state index contributed by atoms with van der Waals surface area (Å²) in [5.74, 6) is 3.40. The maximum absolute atomic E-state index is 9.99. The quantitative estimate of drug-likeness (QED) is 0.166. The van der Waals surface area contributed by atoms with E-state index in [2.05, 4.69) is 142 Å². The highest BCUT2D eigenvalue weighted by atomic mass is 15.0. The monoisotopic (exact) mass is 724 g/mol. The molecule has 3 aliphatic carbocycles. The van der Waals surface area contributed by atoms with Gasteiger partial charge in [0.05, 0.1) is 17.0 Å². The summed E-state index contributed by atoms with van der Waals surface area (Å²) in [6.45, 7) is 7.23. The van der Waals surface area contributed by atoms with Crippen LogP contribution in [0.5, 0.6) is 0 Å². The number of hydrogen-bond donors (Lipinski definition) is 0. The fourth-order valence-electron chi connectivity index (χ4n) is 10.6. The van der Waals surface area contributed by atoms with Crippen molar-refractivity contribution in [3.63, 3.8) is 0 Å². The minimum atomic E-state index is -0.544. The predicted molar refractivity (Wildman–Crippen MR) is 226 cm³/mol. The summed E-state index contributed by atoms with van der Waals surface area (Å²) in [4.78, 5) is 15.6. The van der Waals surface area contributed by atoms with Gasteiger partial charge in [-0.05, 0) is 105 Å². The first kappa shape index (κ1) is 34.3. The summed E-state index contributed by atoms with van der Waals surface area (Å²) in [6.07, 6.45) is 6.24. The van der Waals surface area contributed by atoms with E-state index in [0.717, 1.165) is 46.1 Å². The van der Waals surface area contributed by atoms with Gasteiger partial charge < -0.3 is 0 Å². The van der Waals surface area contributed by atoms with Gasteiger partial charge in [0, 0.05) is 16.7 Å². The van der Waals surface area contributed by atoms with Crippen LogP contribution in [0.2, 0.25) is 0 Å². The molecule has 6 aromatic carbocycles. The maximum Gasteiger partial charge on any atom is 0.164 e. The van der Waals surface area contributed by atoms with Gasteiger partial charge in [-0.15, -0.1) is 0 Å². The molecular weight excluding hydrogens is 681 g/mol. The van der Waals surface area contributed by atoms with Crippen LogP contribution in [0.4, 0.5) is 0 Å². The van der Waals surface area contributed by atoms with Gasteiger partial charge in [0.25, 0.3) is 0 Å². The molecule has 1 saturated carbocycles. The number of nitrogens with zero attached hydrogens (tertiary/aromatic N) is 4. The zero-order valence-electron chi connectivity index (χ0n) is 32.3. The van der Waals surface area contributed by atoms with E-state index in [1.807, 2.05) is 24.3 Å². The van der Waals surface area contributed by atoms with Gasteiger partial charge in [-0.2, -0.15) is 5.26 Å². The van der Waals surface area contributed by atoms with Crippen molar-refractivity contribution in [1.29, 1.82) is 5.26 Å². The molecule has 272 valence electrons. The second-order valence-electron chi connectivity index (χ2n) is 16.6. The van der Waals surface area contributed by atoms with Crippen LogP contribution < -0.4 is 0 Å². The Kier molecular flexibility index (Phi) is 8.12. The molecule has 7 aromatic rings. The highest BCUT2D eigenvalue weighted by Gasteiger charge is 2.51. The summed E-state index contributed by atoms with van der Waals surface area (Å²) >= 11 is 0. The van der Waals surface area contributed by atoms with Gasteiger partial charge in [-0.3, -0.25) is 0 Å². The van der Waals surface area contributed by atoms with Crippen molar-refractivity contribution in [2.45, 2.75) is 63.7 Å². The lowest BCUT2D eigenvalue weighted by molar-refractivity contribution is 0.295. The molecule has 3 aliphatic rings. The van der Waals surface area contributed by atoms with Crippen LogP contribution in [0.3, 0.4) is 0 Å². The van der Waals surface area contributed by atoms with Crippen LogP contribution >= 0.6 is 0 Å². The molecule has 1 fully saturated rings. The van der Waals surface area contributed by atoms with E-state index in [9.17, 15) is 5.26 Å². The van der Waals surface area contributed by atoms with Crippen LogP contribution in [-0.4, -0.2) is 15.0 Å². The Balaban J connectivity index is 1.15. The third-order valence-electron chi connectivity index (χ3n) is 13.2. The van der Waals surface area contributed by atoms with Crippen molar-refractivity contribution in [1.82, 2.24) is 15.0 Å². The topological polar surface area (TPSA) is 62.5 Å². The van der Waals surface area contributed by atoms with Crippen LogP contribution in [0, 0.1) is 23.2 Å². The first-order valence-corrected chi connectivity index (χ1v) is 20.2. The Labute approximate surface area is 330 Å². The molecule has 10 rings (SSSR count). The highest BCUT2D eigenvalue weighted by Crippen LogP contribution is 2.63. The third-order valence-corrected chi connectivity index (χ3v) is 13.2. The van der Waals surface area contributed by atoms with E-state index in [0.29, 0.717) is 23.0 Å². The number of rotatable bonds is 5. The largest absolute Gasteiger partial charge is 0.208 e. The van der Waals surface area contributed by atoms with Crippen molar-refractivity contribution < 1.29 is 0 Å². The van der Waals surface area contributed by atoms with Crippen LogP contribution in [-0.2, 0) is 10.8 Å². The Hall–Kier alpha value is -6.18. The zero-order valence-corrected chi connectivity index (χ0v) is 32.3. The molecule has 0 radical (unpaired) electrons. The van der Waals surface area contributed by atoms with Crippen molar-refractivity contribution in [3.8, 4) is 62.5 Å². The Morgan fingerprint density at radius 2 is 1.05 bits per heavy atom. The lowest BCUT2D eigenvalue weighted by Crippen LogP contribution is -2.28. The summed E-state index contributed by atoms with van der Waals surface area (Å²) in [5.41, 5.74) is 14.2. The summed E-state index contributed by atoms with van der Waals surface area (Å²) in [6, 6.07) is 52.2. The molecule has 0 bridgehead atoms. The lowest BCUT2D eigenvalue weighted by atomic mass is 9.69. The fraction of sp³-hybridized carbons (Fsp3) is 0.231. The van der Waals surface area contributed by atoms with E-state index < -0.39 is 5.41 Å². The van der Waals surface area contributed by atoms with E-state index in [4.69, 9.17) is 15.0 Å². The molecule has 0 N–H and O–H groups in total. The standard InChI is InChI=1S/C52H44N4/c1-4-51(30-33(2)18-19-34(3)31-51)39-24-21-37(22-25-39)49-54-48(36-12-6-5-7-13-36)55-50(56-49)38-23-26-42-43-28-35(32-53)20-27-46(43)52(47(42)29-38)44-16-10-8-14-40(44)41-15-9-11-17-45(41)52/h5-17,20-29,33-34H,4,18-19,30-31H2,1-3H3/t33-,34+,51?. The minimum absolute atomic E-state index is 0.191. The molecule has 0 saturated heterocycles. The molecule has 4 heteroatoms. The zero-order chi connectivity index (χ0) is 38.0. The molecule has 1 unspecified atom stereocenters. The van der Waals surface area contributed by atoms with Crippen LogP contribution in [0.15, 0.2) is 140 Å². The van der Waals surface area contributed by atoms with E-state index in [1.165, 1.54) is 64.6 Å². The second-order valence-corrected chi connectivity index (χ2v) is 16.6. The predicted octanol–water partition coefficient (Wildman–Crippen LogP) is 12.6. The smallest absolute Gasteiger partial charge is 0.164 e. The summed E-state index contributed by atoms with van der Waals surface area (Å²) in [7, 11) is 0. The van der Waals surface area contributed by atoms with Gasteiger partial charge in [0.1, 0.15) is 0 Å². The fourth-order valence-corrected chi connectivity index (χ4v) is 10.6. The average molecular weight is 725 g/mol. The van der Waals surface area contributed by atoms with Gasteiger partial charge in [-0.1, -0.05) is 155 Å². The second kappa shape index (κ2) is 13.2. The van der Waals surface area contributed by atoms with E-state index in [1.54, 1.807) is 0 Å². The molecule has 3 atom stereocenters. The molecule has 56 heavy (non-hydrogen) atoms. The van der Waals surface area contributed by atoms with Crippen molar-refractivity contribution in [3.05, 3.63) is 173 Å². The van der Waals surface area contributed by atoms with Gasteiger partial charge >= 0.3 is 0 Å². The van der Waals surface area contributed by atoms with Crippen molar-refractivity contribution in [2.24, 2.45) is 11.8 Å². The number of aromatic nitrogens is 3. The Bertz CT molecular complexity index is 2630. The first-order chi connectivity index (χ1) is 27.4. The molecule has 1 spiro atoms. The van der Waals surface area contributed by atoms with Gasteiger partial charge in [0.2, 0.25) is 0 Å². The third kappa shape index (κ3) is 5.21. The number of benzene rings is 6. The van der Waals surface area contributed by atoms with Crippen molar-refractivity contribution >= 4 is 0 Å². The number of hydrogen-bond acceptors (Lipinski definition) is 4. The normalized spacial score (nSPS) is 20.0. The first-order valence-electron chi connectivity index (χ1n) is 20.2. The number of fused-ring (bicyclic) bond motifs is 10. The Morgan fingerprint density at radius 1 is 0.536 bits per heavy atom. The van der Waals surface area contributed by atoms with E-state index in [-0.39, 0.29) is 5.41 Å². The van der Waals surface area contributed by atoms with Crippen LogP contribution in [0.25, 0.3) is 56.4 Å². The lowest BCUT2D eigenvalue weighted by Gasteiger charge is -2.35. The van der Waals surface area contributed by atoms with E-state index >= 15 is 0 Å². The van der Waals surface area contributed by atoms with Gasteiger partial charge in [-0.25, -0.2) is 15.0 Å². The summed E-state index contributed by atoms with van der Waals surface area (Å²) in [5, 5.41) is 9.99. The molecular formula is C52H44N4. The Morgan fingerprint density at radius 3 is 1.66 bits per heavy atom. The number of nitriles is 1.